The third-order valence-electron chi connectivity index (χ3n) is 10.9. The highest BCUT2D eigenvalue weighted by Gasteiger charge is 2.65. The van der Waals surface area contributed by atoms with E-state index >= 15 is 0 Å². The molecule has 2 unspecified atom stereocenters. The minimum absolute atomic E-state index is 0.0214. The molecule has 0 aromatic heterocycles. The van der Waals surface area contributed by atoms with Crippen LogP contribution in [0, 0.1) is 28.6 Å². The summed E-state index contributed by atoms with van der Waals surface area (Å²) in [6, 6.07) is 0. The van der Waals surface area contributed by atoms with E-state index in [0.717, 1.165) is 32.1 Å². The number of aliphatic hydroxyl groups excluding tert-OH is 3. The minimum Gasteiger partial charge on any atom is -0.479 e. The molecule has 0 aromatic rings. The van der Waals surface area contributed by atoms with E-state index in [4.69, 9.17) is 9.47 Å². The summed E-state index contributed by atoms with van der Waals surface area (Å²) in [6.45, 7) is 5.94. The number of Topliss-reactive ketones (excluding diaryl/α,β-unsaturated/α-hetero) is 1. The Labute approximate surface area is 211 Å². The van der Waals surface area contributed by atoms with Crippen LogP contribution < -0.4 is 0 Å². The van der Waals surface area contributed by atoms with Crippen molar-refractivity contribution in [1.82, 2.24) is 0 Å². The third kappa shape index (κ3) is 3.65. The summed E-state index contributed by atoms with van der Waals surface area (Å²) in [4.78, 5) is 23.9. The van der Waals surface area contributed by atoms with Crippen molar-refractivity contribution in [3.63, 3.8) is 0 Å². The zero-order valence-corrected chi connectivity index (χ0v) is 21.3. The van der Waals surface area contributed by atoms with Crippen molar-refractivity contribution in [1.29, 1.82) is 0 Å². The number of fused-ring (bicyclic) bond motifs is 5. The van der Waals surface area contributed by atoms with Gasteiger partial charge in [-0.3, -0.25) is 4.79 Å². The van der Waals surface area contributed by atoms with Gasteiger partial charge in [-0.15, -0.1) is 0 Å². The van der Waals surface area contributed by atoms with Crippen LogP contribution in [-0.4, -0.2) is 79.7 Å². The van der Waals surface area contributed by atoms with Crippen molar-refractivity contribution < 1.29 is 44.6 Å². The fraction of sp³-hybridized carbons (Fsp3) is 0.852. The number of allylic oxidation sites excluding steroid dienone is 1. The Balaban J connectivity index is 1.31. The van der Waals surface area contributed by atoms with Crippen LogP contribution in [0.4, 0.5) is 0 Å². The van der Waals surface area contributed by atoms with Gasteiger partial charge in [0.2, 0.25) is 0 Å². The van der Waals surface area contributed by atoms with E-state index in [-0.39, 0.29) is 22.7 Å². The van der Waals surface area contributed by atoms with Crippen molar-refractivity contribution in [2.75, 3.05) is 0 Å². The number of aliphatic hydroxyl groups is 4. The number of aliphatic carboxylic acids is 1. The quantitative estimate of drug-likeness (QED) is 0.356. The molecule has 0 spiro atoms. The van der Waals surface area contributed by atoms with Crippen LogP contribution in [0.2, 0.25) is 0 Å². The average Bonchev–Trinajstić information content (AvgIpc) is 3.11. The van der Waals surface area contributed by atoms with Crippen LogP contribution in [0.5, 0.6) is 0 Å². The first-order chi connectivity index (χ1) is 16.8. The molecule has 9 nitrogen and oxygen atoms in total. The molecule has 0 radical (unpaired) electrons. The Morgan fingerprint density at radius 1 is 1.00 bits per heavy atom. The number of carboxylic acids is 1. The Hall–Kier alpha value is -1.36. The van der Waals surface area contributed by atoms with Gasteiger partial charge in [-0.25, -0.2) is 4.79 Å². The zero-order valence-electron chi connectivity index (χ0n) is 21.3. The maximum Gasteiger partial charge on any atom is 0.335 e. The first-order valence-electron chi connectivity index (χ1n) is 13.3. The highest BCUT2D eigenvalue weighted by atomic mass is 16.7. The first-order valence-corrected chi connectivity index (χ1v) is 13.3. The number of hydrogen-bond donors (Lipinski definition) is 5. The molecule has 9 heteroatoms. The van der Waals surface area contributed by atoms with Gasteiger partial charge in [0, 0.05) is 5.41 Å². The molecule has 4 aliphatic carbocycles. The molecule has 3 saturated carbocycles. The van der Waals surface area contributed by atoms with Crippen molar-refractivity contribution >= 4 is 11.8 Å². The number of hydrogen-bond acceptors (Lipinski definition) is 8. The third-order valence-corrected chi connectivity index (χ3v) is 10.9. The fourth-order valence-corrected chi connectivity index (χ4v) is 8.69. The minimum atomic E-state index is -1.74. The van der Waals surface area contributed by atoms with Gasteiger partial charge in [0.25, 0.3) is 0 Å². The Bertz CT molecular complexity index is 950. The molecule has 5 N–H and O–H groups in total. The van der Waals surface area contributed by atoms with Crippen LogP contribution in [0.15, 0.2) is 11.6 Å². The van der Waals surface area contributed by atoms with E-state index in [9.17, 15) is 35.1 Å². The summed E-state index contributed by atoms with van der Waals surface area (Å²) in [5.41, 5.74) is -0.343. The van der Waals surface area contributed by atoms with Crippen LogP contribution >= 0.6 is 0 Å². The average molecular weight is 509 g/mol. The van der Waals surface area contributed by atoms with E-state index < -0.39 is 42.3 Å². The second-order valence-electron chi connectivity index (χ2n) is 12.4. The number of carbonyl (C=O) groups is 2. The molecule has 36 heavy (non-hydrogen) atoms. The van der Waals surface area contributed by atoms with Gasteiger partial charge in [0.05, 0.1) is 6.10 Å². The Morgan fingerprint density at radius 3 is 2.36 bits per heavy atom. The molecule has 202 valence electrons. The second-order valence-corrected chi connectivity index (χ2v) is 12.4. The summed E-state index contributed by atoms with van der Waals surface area (Å²) < 4.78 is 11.3. The summed E-state index contributed by atoms with van der Waals surface area (Å²) >= 11 is 0. The lowest BCUT2D eigenvalue weighted by Gasteiger charge is -2.59. The number of ketones is 1. The lowest BCUT2D eigenvalue weighted by Crippen LogP contribution is -2.61. The van der Waals surface area contributed by atoms with Crippen molar-refractivity contribution in [2.45, 2.75) is 115 Å². The van der Waals surface area contributed by atoms with Crippen molar-refractivity contribution in [3.05, 3.63) is 11.6 Å². The largest absolute Gasteiger partial charge is 0.479 e. The van der Waals surface area contributed by atoms with Crippen molar-refractivity contribution in [3.8, 4) is 0 Å². The first kappa shape index (κ1) is 26.3. The molecule has 0 amide bonds. The van der Waals surface area contributed by atoms with E-state index in [2.05, 4.69) is 19.9 Å². The number of rotatable bonds is 4. The van der Waals surface area contributed by atoms with Gasteiger partial charge >= 0.3 is 5.97 Å². The Kier molecular flexibility index (Phi) is 6.45. The summed E-state index contributed by atoms with van der Waals surface area (Å²) in [6.07, 6.45) is 0.292. The molecule has 5 aliphatic rings. The smallest absolute Gasteiger partial charge is 0.335 e. The highest BCUT2D eigenvalue weighted by Crippen LogP contribution is 2.67. The van der Waals surface area contributed by atoms with E-state index in [1.54, 1.807) is 0 Å². The standard InChI is InChI=1S/C27H40O9/c1-13(28)27(34)11-8-18-16-5-4-14-12-15(6-9-25(14,2)17(16)7-10-26(18,27)3)35-24-21(31)19(29)20(30)22(36-24)23(32)33/h4,15-22,24,29-31,34H,5-12H2,1-3H3,(H,32,33)/t15?,16-,17+,18+,19+,20+,21-,22+,24?,25+,26+,27+/m1/s1. The fourth-order valence-electron chi connectivity index (χ4n) is 8.69. The molecule has 0 bridgehead atoms. The predicted octanol–water partition coefficient (Wildman–Crippen LogP) is 1.55. The molecule has 1 heterocycles. The molecule has 1 aliphatic heterocycles. The maximum atomic E-state index is 12.4. The van der Waals surface area contributed by atoms with Gasteiger partial charge in [-0.2, -0.15) is 0 Å². The van der Waals surface area contributed by atoms with Gasteiger partial charge in [0.15, 0.2) is 18.2 Å². The summed E-state index contributed by atoms with van der Waals surface area (Å²) in [7, 11) is 0. The van der Waals surface area contributed by atoms with Gasteiger partial charge in [0.1, 0.15) is 23.9 Å². The second kappa shape index (κ2) is 8.85. The monoisotopic (exact) mass is 508 g/mol. The van der Waals surface area contributed by atoms with Gasteiger partial charge in [-0.1, -0.05) is 25.5 Å². The van der Waals surface area contributed by atoms with Crippen LogP contribution in [-0.2, 0) is 19.1 Å². The van der Waals surface area contributed by atoms with Crippen LogP contribution in [0.1, 0.15) is 72.1 Å². The lowest BCUT2D eigenvalue weighted by atomic mass is 9.47. The molecule has 1 saturated heterocycles. The molecule has 4 fully saturated rings. The normalized spacial score (nSPS) is 52.5. The highest BCUT2D eigenvalue weighted by molar-refractivity contribution is 5.86. The lowest BCUT2D eigenvalue weighted by molar-refractivity contribution is -0.306. The maximum absolute atomic E-state index is 12.4. The summed E-state index contributed by atoms with van der Waals surface area (Å²) in [5.74, 6) is -0.361. The van der Waals surface area contributed by atoms with E-state index in [0.29, 0.717) is 37.0 Å². The number of ether oxygens (including phenoxy) is 2. The number of carbonyl (C=O) groups excluding carboxylic acids is 1. The Morgan fingerprint density at radius 2 is 1.69 bits per heavy atom. The van der Waals surface area contributed by atoms with Crippen molar-refractivity contribution in [2.24, 2.45) is 28.6 Å². The van der Waals surface area contributed by atoms with Gasteiger partial charge in [-0.05, 0) is 81.5 Å². The summed E-state index contributed by atoms with van der Waals surface area (Å²) in [5, 5.41) is 51.0. The molecular formula is C27H40O9. The molecular weight excluding hydrogens is 468 g/mol. The number of carboxylic acid groups (broad SMARTS) is 1. The predicted molar refractivity (Wildman–Crippen MR) is 127 cm³/mol. The SMILES string of the molecule is CC(=O)[C@@]1(O)CC[C@H]2[C@@H]3CC=C4CC(OC5O[C@H](C(=O)O)[C@@H](O)[C@H](O)[C@H]5O)CC[C@]4(C)[C@H]3CC[C@@]21C. The van der Waals surface area contributed by atoms with E-state index in [1.165, 1.54) is 12.5 Å². The van der Waals surface area contributed by atoms with E-state index in [1.807, 2.05) is 0 Å². The van der Waals surface area contributed by atoms with Crippen LogP contribution in [0.25, 0.3) is 0 Å². The zero-order chi connectivity index (χ0) is 26.2. The molecule has 0 aromatic carbocycles. The van der Waals surface area contributed by atoms with Crippen LogP contribution in [0.3, 0.4) is 0 Å². The molecule has 12 atom stereocenters. The van der Waals surface area contributed by atoms with Gasteiger partial charge < -0.3 is 35.0 Å². The topological polar surface area (TPSA) is 154 Å². The molecule has 5 rings (SSSR count).